The van der Waals surface area contributed by atoms with E-state index in [1.54, 1.807) is 7.11 Å². The SMILES string of the molecule is COc1ccc(NCC(=O)OC2CCC(O)C(C3(C)OC3CC=C(C)C)C2C(Cl)OC)cc1. The van der Waals surface area contributed by atoms with Gasteiger partial charge in [0.25, 0.3) is 0 Å². The Balaban J connectivity index is 1.67. The van der Waals surface area contributed by atoms with E-state index < -0.39 is 29.3 Å². The number of aliphatic hydroxyl groups excluding tert-OH is 1. The van der Waals surface area contributed by atoms with Crippen molar-refractivity contribution in [3.8, 4) is 5.75 Å². The Labute approximate surface area is 201 Å². The first-order chi connectivity index (χ1) is 15.7. The van der Waals surface area contributed by atoms with Crippen molar-refractivity contribution in [3.63, 3.8) is 0 Å². The minimum atomic E-state index is -0.720. The zero-order chi connectivity index (χ0) is 24.2. The van der Waals surface area contributed by atoms with Crippen LogP contribution < -0.4 is 10.1 Å². The summed E-state index contributed by atoms with van der Waals surface area (Å²) in [4.78, 5) is 12.7. The van der Waals surface area contributed by atoms with E-state index in [4.69, 9.17) is 30.5 Å². The Morgan fingerprint density at radius 1 is 1.30 bits per heavy atom. The Morgan fingerprint density at radius 3 is 2.61 bits per heavy atom. The number of hydrogen-bond acceptors (Lipinski definition) is 7. The number of epoxide rings is 1. The van der Waals surface area contributed by atoms with E-state index in [2.05, 4.69) is 11.4 Å². The van der Waals surface area contributed by atoms with Crippen LogP contribution in [-0.2, 0) is 19.0 Å². The van der Waals surface area contributed by atoms with Crippen molar-refractivity contribution in [2.45, 2.75) is 69.5 Å². The number of rotatable bonds is 10. The summed E-state index contributed by atoms with van der Waals surface area (Å²) in [5, 5.41) is 14.0. The highest BCUT2D eigenvalue weighted by Gasteiger charge is 2.64. The first-order valence-corrected chi connectivity index (χ1v) is 11.9. The number of carbonyl (C=O) groups is 1. The van der Waals surface area contributed by atoms with Crippen LogP contribution in [0.15, 0.2) is 35.9 Å². The molecule has 3 rings (SSSR count). The molecule has 0 aromatic heterocycles. The summed E-state index contributed by atoms with van der Waals surface area (Å²) in [5.41, 5.74) is 0.738. The molecule has 0 bridgehead atoms. The summed E-state index contributed by atoms with van der Waals surface area (Å²) < 4.78 is 22.5. The molecule has 1 aliphatic carbocycles. The number of ether oxygens (including phenoxy) is 4. The highest BCUT2D eigenvalue weighted by atomic mass is 35.5. The van der Waals surface area contributed by atoms with Gasteiger partial charge in [0.15, 0.2) is 0 Å². The molecule has 0 amide bonds. The monoisotopic (exact) mass is 481 g/mol. The van der Waals surface area contributed by atoms with E-state index in [-0.39, 0.29) is 24.5 Å². The number of carbonyl (C=O) groups excluding carboxylic acids is 1. The zero-order valence-electron chi connectivity index (χ0n) is 20.0. The van der Waals surface area contributed by atoms with Gasteiger partial charge in [0.05, 0.1) is 24.9 Å². The fourth-order valence-electron chi connectivity index (χ4n) is 4.87. The van der Waals surface area contributed by atoms with Gasteiger partial charge in [-0.25, -0.2) is 0 Å². The summed E-state index contributed by atoms with van der Waals surface area (Å²) in [6.45, 7) is 6.12. The van der Waals surface area contributed by atoms with Crippen molar-refractivity contribution in [1.82, 2.24) is 0 Å². The molecule has 1 aromatic rings. The number of esters is 1. The normalized spacial score (nSPS) is 31.9. The van der Waals surface area contributed by atoms with Crippen molar-refractivity contribution < 1.29 is 28.8 Å². The molecular weight excluding hydrogens is 446 g/mol. The van der Waals surface area contributed by atoms with E-state index in [9.17, 15) is 9.90 Å². The lowest BCUT2D eigenvalue weighted by atomic mass is 9.68. The summed E-state index contributed by atoms with van der Waals surface area (Å²) in [7, 11) is 3.13. The van der Waals surface area contributed by atoms with Gasteiger partial charge in [-0.1, -0.05) is 23.3 Å². The third kappa shape index (κ3) is 6.21. The molecule has 1 aromatic carbocycles. The molecule has 1 saturated carbocycles. The lowest BCUT2D eigenvalue weighted by Gasteiger charge is -2.44. The average molecular weight is 482 g/mol. The van der Waals surface area contributed by atoms with Crippen LogP contribution in [0.4, 0.5) is 5.69 Å². The van der Waals surface area contributed by atoms with Crippen molar-refractivity contribution in [1.29, 1.82) is 0 Å². The van der Waals surface area contributed by atoms with Crippen LogP contribution in [0, 0.1) is 11.8 Å². The van der Waals surface area contributed by atoms with Crippen LogP contribution >= 0.6 is 11.6 Å². The third-order valence-corrected chi connectivity index (χ3v) is 7.19. The molecule has 0 radical (unpaired) electrons. The summed E-state index contributed by atoms with van der Waals surface area (Å²) >= 11 is 6.57. The van der Waals surface area contributed by atoms with Gasteiger partial charge >= 0.3 is 5.97 Å². The first-order valence-electron chi connectivity index (χ1n) is 11.4. The second kappa shape index (κ2) is 11.1. The predicted molar refractivity (Wildman–Crippen MR) is 128 cm³/mol. The molecule has 0 spiro atoms. The Morgan fingerprint density at radius 2 is 2.00 bits per heavy atom. The minimum Gasteiger partial charge on any atom is -0.497 e. The molecule has 2 aliphatic rings. The minimum absolute atomic E-state index is 0.0125. The Kier molecular flexibility index (Phi) is 8.67. The summed E-state index contributed by atoms with van der Waals surface area (Å²) in [6.07, 6.45) is 2.82. The van der Waals surface area contributed by atoms with Crippen LogP contribution in [0.2, 0.25) is 0 Å². The predicted octanol–water partition coefficient (Wildman–Crippen LogP) is 4.13. The van der Waals surface area contributed by atoms with Crippen molar-refractivity contribution in [2.24, 2.45) is 11.8 Å². The number of anilines is 1. The Bertz CT molecular complexity index is 827. The van der Waals surface area contributed by atoms with Gasteiger partial charge in [-0.15, -0.1) is 0 Å². The van der Waals surface area contributed by atoms with Gasteiger partial charge in [0.1, 0.15) is 24.0 Å². The molecular formula is C25H36ClNO6. The molecule has 1 aliphatic heterocycles. The van der Waals surface area contributed by atoms with E-state index in [1.807, 2.05) is 45.0 Å². The van der Waals surface area contributed by atoms with Gasteiger partial charge < -0.3 is 29.4 Å². The number of benzene rings is 1. The highest BCUT2D eigenvalue weighted by Crippen LogP contribution is 2.54. The molecule has 2 N–H and O–H groups in total. The van der Waals surface area contributed by atoms with Crippen LogP contribution in [0.3, 0.4) is 0 Å². The number of aliphatic hydroxyl groups is 1. The molecule has 184 valence electrons. The smallest absolute Gasteiger partial charge is 0.325 e. The number of allylic oxidation sites excluding steroid dienone is 1. The van der Waals surface area contributed by atoms with E-state index in [0.29, 0.717) is 12.8 Å². The molecule has 1 heterocycles. The second-order valence-corrected chi connectivity index (χ2v) is 9.68. The average Bonchev–Trinajstić information content (AvgIpc) is 3.47. The van der Waals surface area contributed by atoms with Crippen LogP contribution in [0.25, 0.3) is 0 Å². The Hall–Kier alpha value is -1.80. The number of halogens is 1. The fourth-order valence-corrected chi connectivity index (χ4v) is 5.19. The van der Waals surface area contributed by atoms with Crippen LogP contribution in [0.1, 0.15) is 40.0 Å². The van der Waals surface area contributed by atoms with Gasteiger partial charge in [-0.05, 0) is 64.3 Å². The topological polar surface area (TPSA) is 89.6 Å². The van der Waals surface area contributed by atoms with Crippen molar-refractivity contribution >= 4 is 23.3 Å². The highest BCUT2D eigenvalue weighted by molar-refractivity contribution is 6.20. The standard InChI is InChI=1S/C25H36ClNO6/c1-15(2)6-13-20-25(3,33-20)23-18(28)11-12-19(22(23)24(26)31-5)32-21(29)14-27-16-7-9-17(30-4)10-8-16/h6-10,18-20,22-24,27-28H,11-14H2,1-5H3. The number of hydrogen-bond donors (Lipinski definition) is 2. The second-order valence-electron chi connectivity index (χ2n) is 9.25. The summed E-state index contributed by atoms with van der Waals surface area (Å²) in [5.74, 6) is -0.355. The number of nitrogens with one attached hydrogen (secondary N) is 1. The molecule has 1 saturated heterocycles. The largest absolute Gasteiger partial charge is 0.497 e. The molecule has 2 fully saturated rings. The van der Waals surface area contributed by atoms with Crippen LogP contribution in [0.5, 0.6) is 5.75 Å². The van der Waals surface area contributed by atoms with Gasteiger partial charge in [0.2, 0.25) is 0 Å². The lowest BCUT2D eigenvalue weighted by molar-refractivity contribution is -0.164. The first kappa shape index (κ1) is 25.8. The maximum absolute atomic E-state index is 12.7. The van der Waals surface area contributed by atoms with Crippen molar-refractivity contribution in [3.05, 3.63) is 35.9 Å². The lowest BCUT2D eigenvalue weighted by Crippen LogP contribution is -2.53. The fraction of sp³-hybridized carbons (Fsp3) is 0.640. The van der Waals surface area contributed by atoms with E-state index in [0.717, 1.165) is 17.9 Å². The molecule has 7 atom stereocenters. The van der Waals surface area contributed by atoms with E-state index >= 15 is 0 Å². The quantitative estimate of drug-likeness (QED) is 0.225. The molecule has 33 heavy (non-hydrogen) atoms. The van der Waals surface area contributed by atoms with E-state index in [1.165, 1.54) is 12.7 Å². The third-order valence-electron chi connectivity index (χ3n) is 6.72. The molecule has 7 unspecified atom stereocenters. The zero-order valence-corrected chi connectivity index (χ0v) is 20.8. The maximum Gasteiger partial charge on any atom is 0.325 e. The molecule has 7 nitrogen and oxygen atoms in total. The van der Waals surface area contributed by atoms with Crippen LogP contribution in [-0.4, -0.2) is 61.3 Å². The molecule has 8 heteroatoms. The maximum atomic E-state index is 12.7. The van der Waals surface area contributed by atoms with Crippen molar-refractivity contribution in [2.75, 3.05) is 26.1 Å². The number of alkyl halides is 1. The van der Waals surface area contributed by atoms with Gasteiger partial charge in [-0.3, -0.25) is 4.79 Å². The summed E-state index contributed by atoms with van der Waals surface area (Å²) in [6, 6.07) is 7.30. The number of methoxy groups -OCH3 is 2. The van der Waals surface area contributed by atoms with Gasteiger partial charge in [-0.2, -0.15) is 0 Å². The van der Waals surface area contributed by atoms with Gasteiger partial charge in [0, 0.05) is 24.6 Å².